The molecule has 0 saturated carbocycles. The molecule has 0 radical (unpaired) electrons. The summed E-state index contributed by atoms with van der Waals surface area (Å²) in [5.41, 5.74) is 18.8. The molecule has 10 aliphatic rings. The molecule has 25 atom stereocenters. The van der Waals surface area contributed by atoms with Crippen molar-refractivity contribution in [1.82, 2.24) is 15.5 Å². The summed E-state index contributed by atoms with van der Waals surface area (Å²) in [4.78, 5) is 7.48. The maximum atomic E-state index is 12.3. The summed E-state index contributed by atoms with van der Waals surface area (Å²) >= 11 is 0. The first kappa shape index (κ1) is 56.0. The van der Waals surface area contributed by atoms with Crippen molar-refractivity contribution >= 4 is 0 Å². The molecule has 10 saturated heterocycles. The lowest BCUT2D eigenvalue weighted by Crippen LogP contribution is -2.58. The zero-order valence-corrected chi connectivity index (χ0v) is 43.4. The van der Waals surface area contributed by atoms with Crippen molar-refractivity contribution in [2.75, 3.05) is 32.7 Å². The van der Waals surface area contributed by atoms with Crippen LogP contribution in [0.15, 0.2) is 10.2 Å². The first-order valence-corrected chi connectivity index (χ1v) is 25.6. The molecule has 0 spiro atoms. The zero-order valence-electron chi connectivity index (χ0n) is 43.4. The van der Waals surface area contributed by atoms with E-state index in [2.05, 4.69) is 30.7 Å². The molecule has 424 valence electrons. The van der Waals surface area contributed by atoms with Crippen molar-refractivity contribution in [3.63, 3.8) is 0 Å². The van der Waals surface area contributed by atoms with Gasteiger partial charge in [-0.2, -0.15) is 0 Å². The highest BCUT2D eigenvalue weighted by molar-refractivity contribution is 5.07. The van der Waals surface area contributed by atoms with Crippen LogP contribution in [-0.4, -0.2) is 250 Å². The van der Waals surface area contributed by atoms with Crippen LogP contribution in [0.1, 0.15) is 69.2 Å². The fraction of sp³-hybridized carbons (Fsp3) is 1.00. The Bertz CT molecular complexity index is 2040. The second kappa shape index (κ2) is 20.6. The smallest absolute Gasteiger partial charge is 0.190 e. The number of nitrogens with zero attached hydrogens (tertiary/aromatic N) is 7. The van der Waals surface area contributed by atoms with Gasteiger partial charge < -0.3 is 112 Å². The summed E-state index contributed by atoms with van der Waals surface area (Å²) in [5.74, 6) is -5.26. The van der Waals surface area contributed by atoms with Crippen molar-refractivity contribution in [3.05, 3.63) is 20.9 Å². The van der Waals surface area contributed by atoms with E-state index >= 15 is 0 Å². The zero-order chi connectivity index (χ0) is 53.9. The Kier molecular flexibility index (Phi) is 15.4. The normalized spacial score (nSPS) is 46.1. The molecule has 8 N–H and O–H groups in total. The molecular weight excluding hydrogens is 1000 g/mol. The van der Waals surface area contributed by atoms with E-state index in [0.29, 0.717) is 0 Å². The van der Waals surface area contributed by atoms with Gasteiger partial charge in [-0.1, -0.05) is 10.2 Å². The van der Waals surface area contributed by atoms with Gasteiger partial charge in [0.15, 0.2) is 60.4 Å². The van der Waals surface area contributed by atoms with Crippen molar-refractivity contribution in [3.8, 4) is 0 Å². The fourth-order valence-electron chi connectivity index (χ4n) is 12.1. The molecule has 0 amide bonds. The van der Waals surface area contributed by atoms with Gasteiger partial charge in [0, 0.05) is 42.5 Å². The number of fused-ring (bicyclic) bond motifs is 5. The highest BCUT2D eigenvalue weighted by Gasteiger charge is 2.62. The Morgan fingerprint density at radius 2 is 0.720 bits per heavy atom. The van der Waals surface area contributed by atoms with Crippen molar-refractivity contribution in [2.24, 2.45) is 10.2 Å². The SMILES string of the molecule is CC1(C)O[C@@H]2O[C@@H](C(O)CN(CC(O)[C@H]3O[C@@H]4OC(C)(C)O[C@@H]4[C@H]3O)CC(O)[C@@H]3O[C@H]4OC(C)(C)O[C@H]4[C@@H]3NCC(O)[C@H]3O[C@@H]4OC(C)(C)O[C@@H]4[C@H]3N=[N+]=[N-])[C@@H](NCC(O)[C@H]3O[C@@H]4OC(C)(C)O[C@@H]4[C@H]3N=[N+]=[N-])[C@@H]2O1. The quantitative estimate of drug-likeness (QED) is 0.0398. The molecule has 10 heterocycles. The number of rotatable bonds is 19. The molecule has 5 unspecified atom stereocenters. The Morgan fingerprint density at radius 1 is 0.427 bits per heavy atom. The minimum atomic E-state index is -1.46. The molecule has 30 heteroatoms. The van der Waals surface area contributed by atoms with Gasteiger partial charge in [-0.15, -0.1) is 0 Å². The van der Waals surface area contributed by atoms with E-state index in [1.54, 1.807) is 74.1 Å². The predicted molar refractivity (Wildman–Crippen MR) is 245 cm³/mol. The van der Waals surface area contributed by atoms with Crippen molar-refractivity contribution in [1.29, 1.82) is 0 Å². The lowest BCUT2D eigenvalue weighted by molar-refractivity contribution is -0.228. The van der Waals surface area contributed by atoms with Crippen LogP contribution in [0.25, 0.3) is 20.9 Å². The van der Waals surface area contributed by atoms with E-state index in [9.17, 15) is 41.7 Å². The Hall–Kier alpha value is -2.34. The standard InChI is InChI=1S/C45H73N9O21/c1-41(2)66-31-21(48-11-16(55)26-23(50-52-46)33-38(61-26)73-43(5,6)68-33)28(63-36(31)71-41)18(57)13-54(15-20(59)30-25(60)35-40(65-30)75-45(9,10)70-35)14-19(58)29-22(32-37(64-29)72-42(3,4)67-32)49-12-17(56)27-24(51-53-47)34-39(62-27)74-44(7,8)69-34/h16-40,48-49,55-60H,11-15H2,1-10H3/t16?,17?,18?,19?,20?,21-,22-,23+,24+,25+,26-,27-,28+,29+,30-,31+,32+,33-,34-,35-,36+,37+,38-,39-,40-/m1/s1. The fourth-order valence-corrected chi connectivity index (χ4v) is 12.1. The van der Waals surface area contributed by atoms with Gasteiger partial charge in [0.2, 0.25) is 0 Å². The number of hydrogen-bond donors (Lipinski definition) is 8. The van der Waals surface area contributed by atoms with Crippen LogP contribution in [0.3, 0.4) is 0 Å². The third-order valence-corrected chi connectivity index (χ3v) is 15.1. The summed E-state index contributed by atoms with van der Waals surface area (Å²) in [5, 5.41) is 85.3. The number of aliphatic hydroxyl groups excluding tert-OH is 6. The average molecular weight is 1080 g/mol. The van der Waals surface area contributed by atoms with Crippen molar-refractivity contribution in [2.45, 2.75) is 251 Å². The maximum Gasteiger partial charge on any atom is 0.190 e. The van der Waals surface area contributed by atoms with Crippen molar-refractivity contribution < 1.29 is 102 Å². The predicted octanol–water partition coefficient (Wildman–Crippen LogP) is -1.89. The summed E-state index contributed by atoms with van der Waals surface area (Å²) in [6, 6.07) is -3.61. The van der Waals surface area contributed by atoms with E-state index < -0.39 is 182 Å². The van der Waals surface area contributed by atoms with Gasteiger partial charge in [0.25, 0.3) is 0 Å². The number of aliphatic hydroxyl groups is 6. The molecule has 0 aromatic heterocycles. The van der Waals surface area contributed by atoms with E-state index in [4.69, 9.17) is 71.1 Å². The Morgan fingerprint density at radius 3 is 1.08 bits per heavy atom. The van der Waals surface area contributed by atoms with Gasteiger partial charge in [-0.3, -0.25) is 4.90 Å². The second-order valence-corrected chi connectivity index (χ2v) is 23.2. The second-order valence-electron chi connectivity index (χ2n) is 23.2. The number of azide groups is 2. The number of hydrogen-bond acceptors (Lipinski definition) is 26. The van der Waals surface area contributed by atoms with E-state index in [1.165, 1.54) is 0 Å². The topological polar surface area (TPSA) is 385 Å². The summed E-state index contributed by atoms with van der Waals surface area (Å²) in [6.07, 6.45) is -22.6. The lowest BCUT2D eigenvalue weighted by Gasteiger charge is -2.37. The molecular formula is C45H73N9O21. The van der Waals surface area contributed by atoms with Crippen LogP contribution < -0.4 is 10.6 Å². The minimum absolute atomic E-state index is 0.179. The largest absolute Gasteiger partial charge is 0.389 e. The molecule has 30 nitrogen and oxygen atoms in total. The Balaban J connectivity index is 0.862. The van der Waals surface area contributed by atoms with Gasteiger partial charge in [0.1, 0.15) is 54.9 Å². The third-order valence-electron chi connectivity index (χ3n) is 15.1. The maximum absolute atomic E-state index is 12.3. The van der Waals surface area contributed by atoms with E-state index in [0.717, 1.165) is 0 Å². The molecule has 0 bridgehead atoms. The van der Waals surface area contributed by atoms with Crippen LogP contribution in [0.4, 0.5) is 0 Å². The first-order valence-electron chi connectivity index (χ1n) is 25.6. The summed E-state index contributed by atoms with van der Waals surface area (Å²) < 4.78 is 90.8. The van der Waals surface area contributed by atoms with E-state index in [1.807, 2.05) is 0 Å². The molecule has 0 aromatic rings. The highest BCUT2D eigenvalue weighted by atomic mass is 16.9. The third kappa shape index (κ3) is 11.3. The molecule has 0 aliphatic carbocycles. The first-order chi connectivity index (χ1) is 35.1. The van der Waals surface area contributed by atoms with Crippen LogP contribution in [-0.2, 0) is 71.1 Å². The lowest BCUT2D eigenvalue weighted by atomic mass is 9.98. The Labute approximate surface area is 431 Å². The van der Waals surface area contributed by atoms with Gasteiger partial charge in [-0.25, -0.2) is 0 Å². The summed E-state index contributed by atoms with van der Waals surface area (Å²) in [7, 11) is 0. The molecule has 10 rings (SSSR count). The van der Waals surface area contributed by atoms with Gasteiger partial charge in [0.05, 0.1) is 66.9 Å². The minimum Gasteiger partial charge on any atom is -0.389 e. The number of nitrogens with one attached hydrogen (secondary N) is 2. The van der Waals surface area contributed by atoms with Gasteiger partial charge >= 0.3 is 0 Å². The molecule has 75 heavy (non-hydrogen) atoms. The van der Waals surface area contributed by atoms with Gasteiger partial charge in [-0.05, 0) is 80.3 Å². The van der Waals surface area contributed by atoms with E-state index in [-0.39, 0.29) is 32.7 Å². The number of ether oxygens (including phenoxy) is 15. The van der Waals surface area contributed by atoms with Crippen LogP contribution in [0, 0.1) is 0 Å². The van der Waals surface area contributed by atoms with Crippen LogP contribution in [0.2, 0.25) is 0 Å². The van der Waals surface area contributed by atoms with Crippen LogP contribution >= 0.6 is 0 Å². The molecule has 0 aromatic carbocycles. The molecule has 10 aliphatic heterocycles. The molecule has 10 fully saturated rings. The highest BCUT2D eigenvalue weighted by Crippen LogP contribution is 2.44. The average Bonchev–Trinajstić information content (AvgIpc) is 4.20. The summed E-state index contributed by atoms with van der Waals surface area (Å²) in [6.45, 7) is 15.7. The monoisotopic (exact) mass is 1080 g/mol. The van der Waals surface area contributed by atoms with Crippen LogP contribution in [0.5, 0.6) is 0 Å².